The van der Waals surface area contributed by atoms with Gasteiger partial charge in [-0.25, -0.2) is 9.18 Å². The summed E-state index contributed by atoms with van der Waals surface area (Å²) in [7, 11) is 0. The zero-order valence-corrected chi connectivity index (χ0v) is 14.8. The summed E-state index contributed by atoms with van der Waals surface area (Å²) >= 11 is 1.34. The third-order valence-corrected chi connectivity index (χ3v) is 3.69. The molecule has 1 atom stereocenters. The maximum atomic E-state index is 12.9. The van der Waals surface area contributed by atoms with E-state index >= 15 is 0 Å². The minimum Gasteiger partial charge on any atom is -0.444 e. The van der Waals surface area contributed by atoms with Crippen LogP contribution in [-0.4, -0.2) is 21.9 Å². The van der Waals surface area contributed by atoms with Gasteiger partial charge < -0.3 is 14.5 Å². The molecular formula is C16H20FN3O3S. The molecule has 0 aliphatic heterocycles. The van der Waals surface area contributed by atoms with Crippen molar-refractivity contribution in [2.45, 2.75) is 50.3 Å². The Balaban J connectivity index is 1.87. The number of hydrogen-bond acceptors (Lipinski definition) is 6. The molecule has 6 nitrogen and oxygen atoms in total. The fourth-order valence-electron chi connectivity index (χ4n) is 1.73. The number of carbonyl (C=O) groups excluding carboxylic acids is 1. The largest absolute Gasteiger partial charge is 0.444 e. The number of carbonyl (C=O) groups is 1. The Bertz CT molecular complexity index is 683. The minimum absolute atomic E-state index is 0.272. The lowest BCUT2D eigenvalue weighted by molar-refractivity contribution is 0.0500. The van der Waals surface area contributed by atoms with Gasteiger partial charge in [0.15, 0.2) is 0 Å². The molecule has 0 bridgehead atoms. The standard InChI is InChI=1S/C16H20FN3O3S/c1-10(18-14(21)23-16(2,3)4)13-19-20-15(22-13)24-9-11-5-7-12(17)8-6-11/h5-8,10H,9H2,1-4H3,(H,18,21). The molecule has 1 N–H and O–H groups in total. The Morgan fingerprint density at radius 1 is 1.33 bits per heavy atom. The number of nitrogens with zero attached hydrogens (tertiary/aromatic N) is 2. The first kappa shape index (κ1) is 18.3. The Hall–Kier alpha value is -2.09. The molecule has 1 amide bonds. The van der Waals surface area contributed by atoms with E-state index in [0.29, 0.717) is 16.9 Å². The second kappa shape index (κ2) is 7.65. The van der Waals surface area contributed by atoms with Crippen molar-refractivity contribution in [1.29, 1.82) is 0 Å². The van der Waals surface area contributed by atoms with Crippen molar-refractivity contribution in [1.82, 2.24) is 15.5 Å². The highest BCUT2D eigenvalue weighted by Crippen LogP contribution is 2.23. The van der Waals surface area contributed by atoms with Gasteiger partial charge in [-0.15, -0.1) is 10.2 Å². The van der Waals surface area contributed by atoms with E-state index in [4.69, 9.17) is 9.15 Å². The van der Waals surface area contributed by atoms with Crippen molar-refractivity contribution in [3.05, 3.63) is 41.5 Å². The van der Waals surface area contributed by atoms with Crippen LogP contribution in [0.4, 0.5) is 9.18 Å². The molecule has 24 heavy (non-hydrogen) atoms. The zero-order chi connectivity index (χ0) is 17.7. The molecule has 1 aromatic heterocycles. The summed E-state index contributed by atoms with van der Waals surface area (Å²) in [5.74, 6) is 0.601. The van der Waals surface area contributed by atoms with Gasteiger partial charge in [-0.05, 0) is 45.4 Å². The number of alkyl carbamates (subject to hydrolysis) is 1. The summed E-state index contributed by atoms with van der Waals surface area (Å²) in [6.07, 6.45) is -0.547. The van der Waals surface area contributed by atoms with Gasteiger partial charge in [0.1, 0.15) is 17.5 Å². The van der Waals surface area contributed by atoms with Gasteiger partial charge in [0, 0.05) is 5.75 Å². The Morgan fingerprint density at radius 3 is 2.62 bits per heavy atom. The van der Waals surface area contributed by atoms with Gasteiger partial charge >= 0.3 is 6.09 Å². The highest BCUT2D eigenvalue weighted by Gasteiger charge is 2.21. The molecule has 1 unspecified atom stereocenters. The van der Waals surface area contributed by atoms with Crippen LogP contribution >= 0.6 is 11.8 Å². The molecule has 130 valence electrons. The number of halogens is 1. The van der Waals surface area contributed by atoms with E-state index in [-0.39, 0.29) is 5.82 Å². The van der Waals surface area contributed by atoms with Crippen LogP contribution in [0, 0.1) is 5.82 Å². The number of benzene rings is 1. The second-order valence-corrected chi connectivity index (χ2v) is 7.12. The lowest BCUT2D eigenvalue weighted by Gasteiger charge is -2.20. The van der Waals surface area contributed by atoms with Gasteiger partial charge in [-0.3, -0.25) is 0 Å². The Morgan fingerprint density at radius 2 is 2.00 bits per heavy atom. The average molecular weight is 353 g/mol. The summed E-state index contributed by atoms with van der Waals surface area (Å²) in [6, 6.07) is 5.75. The maximum absolute atomic E-state index is 12.9. The first-order valence-corrected chi connectivity index (χ1v) is 8.41. The zero-order valence-electron chi connectivity index (χ0n) is 14.0. The first-order chi connectivity index (χ1) is 11.2. The lowest BCUT2D eigenvalue weighted by Crippen LogP contribution is -2.34. The highest BCUT2D eigenvalue weighted by atomic mass is 32.2. The summed E-state index contributed by atoms with van der Waals surface area (Å²) < 4.78 is 23.6. The van der Waals surface area contributed by atoms with Crippen molar-refractivity contribution >= 4 is 17.9 Å². The third kappa shape index (κ3) is 5.84. The van der Waals surface area contributed by atoms with Crippen molar-refractivity contribution in [2.75, 3.05) is 0 Å². The molecule has 0 spiro atoms. The third-order valence-electron chi connectivity index (χ3n) is 2.80. The fourth-order valence-corrected chi connectivity index (χ4v) is 2.45. The molecule has 1 heterocycles. The van der Waals surface area contributed by atoms with Crippen molar-refractivity contribution < 1.29 is 18.3 Å². The van der Waals surface area contributed by atoms with Crippen molar-refractivity contribution in [3.63, 3.8) is 0 Å². The van der Waals surface area contributed by atoms with Gasteiger partial charge in [0.2, 0.25) is 5.89 Å². The number of amides is 1. The molecule has 0 radical (unpaired) electrons. The van der Waals surface area contributed by atoms with Crippen molar-refractivity contribution in [2.24, 2.45) is 0 Å². The predicted octanol–water partition coefficient (Wildman–Crippen LogP) is 4.09. The van der Waals surface area contributed by atoms with Crippen LogP contribution in [0.5, 0.6) is 0 Å². The van der Waals surface area contributed by atoms with Crippen LogP contribution in [0.2, 0.25) is 0 Å². The molecule has 0 fully saturated rings. The van der Waals surface area contributed by atoms with Crippen LogP contribution < -0.4 is 5.32 Å². The van der Waals surface area contributed by atoms with E-state index in [2.05, 4.69) is 15.5 Å². The quantitative estimate of drug-likeness (QED) is 0.816. The number of rotatable bonds is 5. The van der Waals surface area contributed by atoms with Crippen LogP contribution in [0.15, 0.2) is 33.9 Å². The molecule has 1 aromatic carbocycles. The molecule has 0 aliphatic carbocycles. The summed E-state index contributed by atoms with van der Waals surface area (Å²) in [5, 5.41) is 10.9. The number of hydrogen-bond donors (Lipinski definition) is 1. The summed E-state index contributed by atoms with van der Waals surface area (Å²) in [5.41, 5.74) is 0.371. The summed E-state index contributed by atoms with van der Waals surface area (Å²) in [6.45, 7) is 7.09. The Kier molecular flexibility index (Phi) is 5.82. The molecule has 8 heteroatoms. The highest BCUT2D eigenvalue weighted by molar-refractivity contribution is 7.98. The molecule has 0 aliphatic rings. The first-order valence-electron chi connectivity index (χ1n) is 7.43. The SMILES string of the molecule is CC(NC(=O)OC(C)(C)C)c1nnc(SCc2ccc(F)cc2)o1. The number of nitrogens with one attached hydrogen (secondary N) is 1. The van der Waals surface area contributed by atoms with E-state index < -0.39 is 17.7 Å². The topological polar surface area (TPSA) is 77.2 Å². The van der Waals surface area contributed by atoms with Gasteiger partial charge in [0.25, 0.3) is 5.22 Å². The van der Waals surface area contributed by atoms with E-state index in [1.54, 1.807) is 39.8 Å². The van der Waals surface area contributed by atoms with Crippen LogP contribution in [0.25, 0.3) is 0 Å². The van der Waals surface area contributed by atoms with Crippen LogP contribution in [0.3, 0.4) is 0 Å². The fraction of sp³-hybridized carbons (Fsp3) is 0.438. The van der Waals surface area contributed by atoms with E-state index in [0.717, 1.165) is 5.56 Å². The van der Waals surface area contributed by atoms with Crippen molar-refractivity contribution in [3.8, 4) is 0 Å². The average Bonchev–Trinajstić information content (AvgIpc) is 2.93. The van der Waals surface area contributed by atoms with Gasteiger partial charge in [0.05, 0.1) is 0 Å². The van der Waals surface area contributed by atoms with E-state index in [9.17, 15) is 9.18 Å². The molecule has 0 saturated carbocycles. The van der Waals surface area contributed by atoms with E-state index in [1.165, 1.54) is 23.9 Å². The normalized spacial score (nSPS) is 12.7. The number of thioether (sulfide) groups is 1. The number of aromatic nitrogens is 2. The smallest absolute Gasteiger partial charge is 0.408 e. The second-order valence-electron chi connectivity index (χ2n) is 6.19. The lowest BCUT2D eigenvalue weighted by atomic mass is 10.2. The number of ether oxygens (including phenoxy) is 1. The van der Waals surface area contributed by atoms with E-state index in [1.807, 2.05) is 0 Å². The molecule has 0 saturated heterocycles. The van der Waals surface area contributed by atoms with Gasteiger partial charge in [-0.1, -0.05) is 23.9 Å². The minimum atomic E-state index is -0.575. The molecule has 2 aromatic rings. The maximum Gasteiger partial charge on any atom is 0.408 e. The predicted molar refractivity (Wildman–Crippen MR) is 88.0 cm³/mol. The molecular weight excluding hydrogens is 333 g/mol. The monoisotopic (exact) mass is 353 g/mol. The Labute approximate surface area is 144 Å². The van der Waals surface area contributed by atoms with Gasteiger partial charge in [-0.2, -0.15) is 0 Å². The summed E-state index contributed by atoms with van der Waals surface area (Å²) in [4.78, 5) is 11.7. The van der Waals surface area contributed by atoms with Crippen LogP contribution in [0.1, 0.15) is 45.2 Å². The van der Waals surface area contributed by atoms with Crippen LogP contribution in [-0.2, 0) is 10.5 Å². The molecule has 2 rings (SSSR count).